The van der Waals surface area contributed by atoms with E-state index >= 15 is 0 Å². The van der Waals surface area contributed by atoms with Crippen LogP contribution in [0.1, 0.15) is 29.0 Å². The van der Waals surface area contributed by atoms with Gasteiger partial charge in [-0.05, 0) is 61.2 Å². The minimum absolute atomic E-state index is 0.0522. The number of amides is 1. The van der Waals surface area contributed by atoms with E-state index in [4.69, 9.17) is 0 Å². The van der Waals surface area contributed by atoms with Gasteiger partial charge in [-0.2, -0.15) is 5.10 Å². The fraction of sp³-hybridized carbons (Fsp3) is 0.296. The minimum Gasteiger partial charge on any atom is -0.361 e. The molecule has 0 radical (unpaired) electrons. The number of carbonyl (C=O) groups is 1. The Morgan fingerprint density at radius 3 is 2.91 bits per heavy atom. The molecule has 0 saturated carbocycles. The molecule has 4 aromatic rings. The van der Waals surface area contributed by atoms with Crippen LogP contribution in [0.2, 0.25) is 0 Å². The van der Waals surface area contributed by atoms with Gasteiger partial charge in [-0.3, -0.25) is 4.79 Å². The van der Waals surface area contributed by atoms with Crippen molar-refractivity contribution < 1.29 is 4.79 Å². The first-order chi connectivity index (χ1) is 17.0. The van der Waals surface area contributed by atoms with Gasteiger partial charge in [0.15, 0.2) is 5.82 Å². The fourth-order valence-corrected chi connectivity index (χ4v) is 5.47. The van der Waals surface area contributed by atoms with Crippen LogP contribution in [-0.4, -0.2) is 42.8 Å². The van der Waals surface area contributed by atoms with E-state index in [2.05, 4.69) is 69.6 Å². The average Bonchev–Trinajstić information content (AvgIpc) is 3.35. The molecule has 1 atom stereocenters. The van der Waals surface area contributed by atoms with Crippen molar-refractivity contribution >= 4 is 39.5 Å². The van der Waals surface area contributed by atoms with Crippen molar-refractivity contribution in [3.8, 4) is 11.1 Å². The second kappa shape index (κ2) is 10.1. The Kier molecular flexibility index (Phi) is 6.77. The predicted octanol–water partition coefficient (Wildman–Crippen LogP) is 4.50. The number of nitrogens with zero attached hydrogens (tertiary/aromatic N) is 3. The zero-order valence-electron chi connectivity index (χ0n) is 20.3. The molecule has 3 heterocycles. The Labute approximate surface area is 209 Å². The molecule has 3 N–H and O–H groups in total. The highest BCUT2D eigenvalue weighted by atomic mass is 32.1. The Hall–Kier alpha value is -3.33. The van der Waals surface area contributed by atoms with Gasteiger partial charge in [-0.25, -0.2) is 0 Å². The summed E-state index contributed by atoms with van der Waals surface area (Å²) < 4.78 is 0. The molecule has 0 unspecified atom stereocenters. The Balaban J connectivity index is 1.41. The molecular formula is C27H30N6OS. The van der Waals surface area contributed by atoms with E-state index in [1.165, 1.54) is 27.1 Å². The number of fused-ring (bicyclic) bond motifs is 1. The molecule has 2 aromatic carbocycles. The number of aromatic nitrogens is 2. The third-order valence-electron chi connectivity index (χ3n) is 6.39. The number of hydrogen-bond acceptors (Lipinski definition) is 7. The summed E-state index contributed by atoms with van der Waals surface area (Å²) in [6.07, 6.45) is 1.76. The number of carbonyl (C=O) groups excluding carboxylic acids is 1. The Bertz CT molecular complexity index is 1370. The maximum Gasteiger partial charge on any atom is 0.240 e. The molecule has 0 bridgehead atoms. The summed E-state index contributed by atoms with van der Waals surface area (Å²) in [5, 5.41) is 22.8. The summed E-state index contributed by atoms with van der Waals surface area (Å²) in [5.74, 6) is 0.806. The van der Waals surface area contributed by atoms with Crippen LogP contribution in [0.25, 0.3) is 21.9 Å². The highest BCUT2D eigenvalue weighted by Gasteiger charge is 2.20. The number of aryl methyl sites for hydroxylation is 1. The summed E-state index contributed by atoms with van der Waals surface area (Å²) in [7, 11) is 1.98. The van der Waals surface area contributed by atoms with Crippen LogP contribution < -0.4 is 20.9 Å². The van der Waals surface area contributed by atoms with Gasteiger partial charge in [0.05, 0.1) is 18.8 Å². The van der Waals surface area contributed by atoms with Gasteiger partial charge < -0.3 is 20.9 Å². The van der Waals surface area contributed by atoms with Crippen molar-refractivity contribution in [3.63, 3.8) is 0 Å². The lowest BCUT2D eigenvalue weighted by Crippen LogP contribution is -2.48. The predicted molar refractivity (Wildman–Crippen MR) is 144 cm³/mol. The molecule has 0 spiro atoms. The first-order valence-electron chi connectivity index (χ1n) is 11.9. The molecule has 8 heteroatoms. The molecule has 1 fully saturated rings. The van der Waals surface area contributed by atoms with Crippen LogP contribution in [0.4, 0.5) is 11.5 Å². The van der Waals surface area contributed by atoms with E-state index in [-0.39, 0.29) is 11.9 Å². The molecule has 1 saturated heterocycles. The molecule has 7 nitrogen and oxygen atoms in total. The molecule has 180 valence electrons. The standard InChI is InChI=1S/C27H30N6OS/c1-17-4-7-23(20(10-17)13-28-3)21-11-25(35-16-21)18(2)31-27-24-12-22(6-5-19(24)14-30-32-27)33-9-8-29-15-26(33)34/h4-7,10-12,14,16,18,28-29H,8-9,13,15H2,1-3H3,(H,31,32)/t18-/m1/s1. The summed E-state index contributed by atoms with van der Waals surface area (Å²) in [6.45, 7) is 6.92. The van der Waals surface area contributed by atoms with E-state index in [9.17, 15) is 4.79 Å². The normalized spacial score (nSPS) is 14.9. The van der Waals surface area contributed by atoms with Gasteiger partial charge in [0.25, 0.3) is 0 Å². The summed E-state index contributed by atoms with van der Waals surface area (Å²) in [4.78, 5) is 15.5. The lowest BCUT2D eigenvalue weighted by atomic mass is 9.99. The number of piperazine rings is 1. The second-order valence-electron chi connectivity index (χ2n) is 8.98. The van der Waals surface area contributed by atoms with Crippen molar-refractivity contribution in [1.29, 1.82) is 0 Å². The van der Waals surface area contributed by atoms with E-state index in [1.54, 1.807) is 17.5 Å². The molecular weight excluding hydrogens is 456 g/mol. The van der Waals surface area contributed by atoms with Gasteiger partial charge >= 0.3 is 0 Å². The number of hydrogen-bond donors (Lipinski definition) is 3. The summed E-state index contributed by atoms with van der Waals surface area (Å²) >= 11 is 1.74. The van der Waals surface area contributed by atoms with Crippen molar-refractivity contribution in [3.05, 3.63) is 70.0 Å². The minimum atomic E-state index is 0.0522. The number of benzene rings is 2. The van der Waals surface area contributed by atoms with Gasteiger partial charge in [0.1, 0.15) is 0 Å². The van der Waals surface area contributed by atoms with Crippen LogP contribution in [0.3, 0.4) is 0 Å². The quantitative estimate of drug-likeness (QED) is 0.357. The largest absolute Gasteiger partial charge is 0.361 e. The number of thiophene rings is 1. The van der Waals surface area contributed by atoms with Gasteiger partial charge in [-0.1, -0.05) is 29.8 Å². The lowest BCUT2D eigenvalue weighted by Gasteiger charge is -2.27. The third-order valence-corrected chi connectivity index (χ3v) is 7.50. The van der Waals surface area contributed by atoms with Crippen molar-refractivity contribution in [2.75, 3.05) is 36.9 Å². The van der Waals surface area contributed by atoms with E-state index in [0.29, 0.717) is 13.1 Å². The van der Waals surface area contributed by atoms with Gasteiger partial charge in [0.2, 0.25) is 5.91 Å². The maximum absolute atomic E-state index is 12.4. The smallest absolute Gasteiger partial charge is 0.240 e. The molecule has 1 aliphatic rings. The highest BCUT2D eigenvalue weighted by molar-refractivity contribution is 7.10. The fourth-order valence-electron chi connectivity index (χ4n) is 4.56. The molecule has 5 rings (SSSR count). The highest BCUT2D eigenvalue weighted by Crippen LogP contribution is 2.34. The number of anilines is 2. The van der Waals surface area contributed by atoms with Crippen LogP contribution in [0.5, 0.6) is 0 Å². The molecule has 1 amide bonds. The van der Waals surface area contributed by atoms with Crippen LogP contribution >= 0.6 is 11.3 Å². The van der Waals surface area contributed by atoms with Crippen LogP contribution in [0, 0.1) is 6.92 Å². The van der Waals surface area contributed by atoms with Crippen LogP contribution in [0.15, 0.2) is 54.0 Å². The maximum atomic E-state index is 12.4. The monoisotopic (exact) mass is 486 g/mol. The van der Waals surface area contributed by atoms with Crippen molar-refractivity contribution in [1.82, 2.24) is 20.8 Å². The number of rotatable bonds is 7. The summed E-state index contributed by atoms with van der Waals surface area (Å²) in [6, 6.07) is 15.0. The molecule has 35 heavy (non-hydrogen) atoms. The summed E-state index contributed by atoms with van der Waals surface area (Å²) in [5.41, 5.74) is 5.94. The van der Waals surface area contributed by atoms with E-state index in [0.717, 1.165) is 35.4 Å². The zero-order valence-corrected chi connectivity index (χ0v) is 21.1. The first kappa shape index (κ1) is 23.4. The average molecular weight is 487 g/mol. The zero-order chi connectivity index (χ0) is 24.4. The Morgan fingerprint density at radius 1 is 1.20 bits per heavy atom. The number of nitrogens with one attached hydrogen (secondary N) is 3. The first-order valence-corrected chi connectivity index (χ1v) is 12.8. The lowest BCUT2D eigenvalue weighted by molar-refractivity contribution is -0.118. The van der Waals surface area contributed by atoms with Crippen molar-refractivity contribution in [2.24, 2.45) is 0 Å². The van der Waals surface area contributed by atoms with Gasteiger partial charge in [-0.15, -0.1) is 16.4 Å². The van der Waals surface area contributed by atoms with Crippen LogP contribution in [-0.2, 0) is 11.3 Å². The molecule has 1 aliphatic heterocycles. The molecule has 0 aliphatic carbocycles. The second-order valence-corrected chi connectivity index (χ2v) is 9.92. The van der Waals surface area contributed by atoms with Gasteiger partial charge in [0, 0.05) is 41.0 Å². The molecule has 2 aromatic heterocycles. The Morgan fingerprint density at radius 2 is 2.09 bits per heavy atom. The third kappa shape index (κ3) is 4.91. The van der Waals surface area contributed by atoms with Crippen molar-refractivity contribution in [2.45, 2.75) is 26.4 Å². The van der Waals surface area contributed by atoms with E-state index < -0.39 is 0 Å². The SMILES string of the molecule is CNCc1cc(C)ccc1-c1csc([C@@H](C)Nc2nncc3ccc(N4CCNCC4=O)cc23)c1. The van der Waals surface area contributed by atoms with E-state index in [1.807, 2.05) is 30.1 Å². The topological polar surface area (TPSA) is 82.2 Å².